The summed E-state index contributed by atoms with van der Waals surface area (Å²) in [5.41, 5.74) is 1.77. The number of allylic oxidation sites excluding steroid dienone is 1. The number of hydrogen-bond donors (Lipinski definition) is 1. The van der Waals surface area contributed by atoms with Crippen molar-refractivity contribution >= 4 is 17.6 Å². The molecule has 1 N–H and O–H groups in total. The van der Waals surface area contributed by atoms with Crippen LogP contribution in [0.4, 0.5) is 0 Å². The second kappa shape index (κ2) is 3.36. The SMILES string of the molecule is O=C(O)C1C=C2CCCCC2=NC1=O. The van der Waals surface area contributed by atoms with Gasteiger partial charge in [0, 0.05) is 5.71 Å². The normalized spacial score (nSPS) is 26.3. The van der Waals surface area contributed by atoms with Crippen LogP contribution in [0.5, 0.6) is 0 Å². The molecule has 1 amide bonds. The molecular weight excluding hydrogens is 182 g/mol. The van der Waals surface area contributed by atoms with E-state index in [0.717, 1.165) is 37.0 Å². The van der Waals surface area contributed by atoms with Gasteiger partial charge in [-0.15, -0.1) is 0 Å². The third-order valence-electron chi connectivity index (χ3n) is 2.63. The van der Waals surface area contributed by atoms with Crippen LogP contribution >= 0.6 is 0 Å². The number of carbonyl (C=O) groups is 2. The van der Waals surface area contributed by atoms with E-state index in [1.807, 2.05) is 0 Å². The number of aliphatic imine (C=N–C) groups is 1. The van der Waals surface area contributed by atoms with Crippen LogP contribution in [0.15, 0.2) is 16.6 Å². The summed E-state index contributed by atoms with van der Waals surface area (Å²) in [6.45, 7) is 0. The Morgan fingerprint density at radius 2 is 2.14 bits per heavy atom. The first-order chi connectivity index (χ1) is 6.68. The van der Waals surface area contributed by atoms with Gasteiger partial charge < -0.3 is 5.11 Å². The van der Waals surface area contributed by atoms with E-state index in [1.54, 1.807) is 6.08 Å². The first kappa shape index (κ1) is 9.12. The molecule has 0 aromatic carbocycles. The van der Waals surface area contributed by atoms with Crippen LogP contribution in [-0.2, 0) is 9.59 Å². The van der Waals surface area contributed by atoms with Crippen molar-refractivity contribution in [1.82, 2.24) is 0 Å². The Labute approximate surface area is 81.3 Å². The van der Waals surface area contributed by atoms with E-state index < -0.39 is 17.8 Å². The van der Waals surface area contributed by atoms with Crippen molar-refractivity contribution < 1.29 is 14.7 Å². The Kier molecular flexibility index (Phi) is 2.19. The Balaban J connectivity index is 2.30. The molecule has 1 unspecified atom stereocenters. The second-order valence-corrected chi connectivity index (χ2v) is 3.61. The highest BCUT2D eigenvalue weighted by Gasteiger charge is 2.30. The maximum absolute atomic E-state index is 11.3. The van der Waals surface area contributed by atoms with Crippen LogP contribution in [0.1, 0.15) is 25.7 Å². The molecule has 4 nitrogen and oxygen atoms in total. The van der Waals surface area contributed by atoms with Crippen molar-refractivity contribution in [3.8, 4) is 0 Å². The molecule has 1 saturated carbocycles. The molecule has 0 spiro atoms. The first-order valence-electron chi connectivity index (χ1n) is 4.74. The average molecular weight is 193 g/mol. The lowest BCUT2D eigenvalue weighted by Gasteiger charge is -2.21. The van der Waals surface area contributed by atoms with Gasteiger partial charge in [-0.1, -0.05) is 6.08 Å². The van der Waals surface area contributed by atoms with Gasteiger partial charge in [0.1, 0.15) is 0 Å². The van der Waals surface area contributed by atoms with Crippen LogP contribution in [0, 0.1) is 5.92 Å². The molecule has 0 radical (unpaired) electrons. The third kappa shape index (κ3) is 1.47. The maximum atomic E-state index is 11.3. The fourth-order valence-corrected chi connectivity index (χ4v) is 1.87. The molecule has 2 aliphatic rings. The van der Waals surface area contributed by atoms with Crippen molar-refractivity contribution in [2.45, 2.75) is 25.7 Å². The monoisotopic (exact) mass is 193 g/mol. The molecule has 1 aliphatic heterocycles. The van der Waals surface area contributed by atoms with E-state index in [4.69, 9.17) is 5.11 Å². The number of nitrogens with zero attached hydrogens (tertiary/aromatic N) is 1. The van der Waals surface area contributed by atoms with Crippen LogP contribution in [0.25, 0.3) is 0 Å². The van der Waals surface area contributed by atoms with E-state index in [0.29, 0.717) is 0 Å². The lowest BCUT2D eigenvalue weighted by atomic mass is 9.87. The summed E-state index contributed by atoms with van der Waals surface area (Å²) in [4.78, 5) is 25.8. The summed E-state index contributed by atoms with van der Waals surface area (Å²) in [7, 11) is 0. The molecule has 14 heavy (non-hydrogen) atoms. The third-order valence-corrected chi connectivity index (χ3v) is 2.63. The zero-order valence-corrected chi connectivity index (χ0v) is 7.69. The van der Waals surface area contributed by atoms with Gasteiger partial charge >= 0.3 is 5.97 Å². The van der Waals surface area contributed by atoms with Gasteiger partial charge in [-0.2, -0.15) is 0 Å². The number of carbonyl (C=O) groups excluding carboxylic acids is 1. The average Bonchev–Trinajstić information content (AvgIpc) is 2.16. The van der Waals surface area contributed by atoms with E-state index in [2.05, 4.69) is 4.99 Å². The number of carboxylic acids is 1. The molecule has 0 aromatic heterocycles. The number of carboxylic acid groups (broad SMARTS) is 1. The summed E-state index contributed by atoms with van der Waals surface area (Å²) >= 11 is 0. The molecule has 2 rings (SSSR count). The molecule has 74 valence electrons. The first-order valence-corrected chi connectivity index (χ1v) is 4.74. The van der Waals surface area contributed by atoms with Crippen LogP contribution in [-0.4, -0.2) is 22.7 Å². The number of aliphatic carboxylic acids is 1. The van der Waals surface area contributed by atoms with Crippen molar-refractivity contribution in [1.29, 1.82) is 0 Å². The van der Waals surface area contributed by atoms with Gasteiger partial charge in [-0.05, 0) is 31.3 Å². The van der Waals surface area contributed by atoms with E-state index >= 15 is 0 Å². The standard InChI is InChI=1S/C10H11NO3/c12-9-7(10(13)14)5-6-3-1-2-4-8(6)11-9/h5,7H,1-4H2,(H,13,14). The minimum Gasteiger partial charge on any atom is -0.480 e. The molecule has 1 heterocycles. The fraction of sp³-hybridized carbons (Fsp3) is 0.500. The zero-order valence-electron chi connectivity index (χ0n) is 7.69. The smallest absolute Gasteiger partial charge is 0.320 e. The summed E-state index contributed by atoms with van der Waals surface area (Å²) in [6, 6.07) is 0. The van der Waals surface area contributed by atoms with E-state index in [9.17, 15) is 9.59 Å². The number of amides is 1. The van der Waals surface area contributed by atoms with Gasteiger partial charge in [0.05, 0.1) is 0 Å². The number of fused-ring (bicyclic) bond motifs is 1. The largest absolute Gasteiger partial charge is 0.480 e. The predicted octanol–water partition coefficient (Wildman–Crippen LogP) is 1.17. The number of dihydropyridines is 1. The minimum atomic E-state index is -1.10. The van der Waals surface area contributed by atoms with E-state index in [1.165, 1.54) is 0 Å². The van der Waals surface area contributed by atoms with E-state index in [-0.39, 0.29) is 0 Å². The van der Waals surface area contributed by atoms with Crippen molar-refractivity contribution in [3.05, 3.63) is 11.6 Å². The summed E-state index contributed by atoms with van der Waals surface area (Å²) in [5.74, 6) is -2.68. The minimum absolute atomic E-state index is 0.529. The molecular formula is C10H11NO3. The van der Waals surface area contributed by atoms with Gasteiger partial charge in [-0.3, -0.25) is 9.59 Å². The van der Waals surface area contributed by atoms with Crippen molar-refractivity contribution in [3.63, 3.8) is 0 Å². The lowest BCUT2D eigenvalue weighted by Crippen LogP contribution is -2.27. The van der Waals surface area contributed by atoms with Gasteiger partial charge in [0.2, 0.25) is 0 Å². The molecule has 0 saturated heterocycles. The van der Waals surface area contributed by atoms with Gasteiger partial charge in [0.25, 0.3) is 5.91 Å². The Morgan fingerprint density at radius 3 is 2.86 bits per heavy atom. The highest BCUT2D eigenvalue weighted by atomic mass is 16.4. The molecule has 4 heteroatoms. The van der Waals surface area contributed by atoms with Crippen LogP contribution in [0.3, 0.4) is 0 Å². The van der Waals surface area contributed by atoms with Crippen LogP contribution in [0.2, 0.25) is 0 Å². The zero-order chi connectivity index (χ0) is 10.1. The van der Waals surface area contributed by atoms with Crippen LogP contribution < -0.4 is 0 Å². The Hall–Kier alpha value is -1.45. The molecule has 1 fully saturated rings. The van der Waals surface area contributed by atoms with Gasteiger partial charge in [0.15, 0.2) is 5.92 Å². The number of hydrogen-bond acceptors (Lipinski definition) is 2. The Morgan fingerprint density at radius 1 is 1.43 bits per heavy atom. The summed E-state index contributed by atoms with van der Waals surface area (Å²) in [6.07, 6.45) is 5.33. The van der Waals surface area contributed by atoms with Gasteiger partial charge in [-0.25, -0.2) is 4.99 Å². The predicted molar refractivity (Wildman–Crippen MR) is 50.1 cm³/mol. The Bertz CT molecular complexity index is 354. The van der Waals surface area contributed by atoms with Crippen molar-refractivity contribution in [2.75, 3.05) is 0 Å². The molecule has 0 aromatic rings. The molecule has 0 bridgehead atoms. The number of rotatable bonds is 1. The van der Waals surface area contributed by atoms with Crippen molar-refractivity contribution in [2.24, 2.45) is 10.9 Å². The molecule has 1 aliphatic carbocycles. The quantitative estimate of drug-likeness (QED) is 0.635. The fourth-order valence-electron chi connectivity index (χ4n) is 1.87. The highest BCUT2D eigenvalue weighted by Crippen LogP contribution is 2.26. The molecule has 1 atom stereocenters. The second-order valence-electron chi connectivity index (χ2n) is 3.61. The topological polar surface area (TPSA) is 66.7 Å². The summed E-state index contributed by atoms with van der Waals surface area (Å²) < 4.78 is 0. The maximum Gasteiger partial charge on any atom is 0.320 e. The lowest BCUT2D eigenvalue weighted by molar-refractivity contribution is -0.143. The summed E-state index contributed by atoms with van der Waals surface area (Å²) in [5, 5.41) is 8.76. The highest BCUT2D eigenvalue weighted by molar-refractivity contribution is 6.14.